The summed E-state index contributed by atoms with van der Waals surface area (Å²) in [7, 11) is 1.88. The summed E-state index contributed by atoms with van der Waals surface area (Å²) in [6.07, 6.45) is 5.50. The van der Waals surface area contributed by atoms with E-state index in [1.807, 2.05) is 11.9 Å². The van der Waals surface area contributed by atoms with Gasteiger partial charge in [-0.1, -0.05) is 26.7 Å². The molecule has 0 N–H and O–H groups in total. The van der Waals surface area contributed by atoms with Crippen molar-refractivity contribution in [2.75, 3.05) is 13.6 Å². The summed E-state index contributed by atoms with van der Waals surface area (Å²) in [6.45, 7) is 5.21. The lowest BCUT2D eigenvalue weighted by Gasteiger charge is -2.11. The van der Waals surface area contributed by atoms with Crippen LogP contribution in [0.15, 0.2) is 0 Å². The third kappa shape index (κ3) is 5.16. The van der Waals surface area contributed by atoms with Gasteiger partial charge in [0, 0.05) is 20.0 Å². The molecule has 0 radical (unpaired) electrons. The molecule has 0 atom stereocenters. The standard InChI is InChI=1S/C7H13NO.C3H8/c1-8-6-4-2-3-5-7(8)9;1-3-2/h2-6H2,1H3;3H2,1-2H3. The minimum Gasteiger partial charge on any atom is -0.346 e. The predicted molar refractivity (Wildman–Crippen MR) is 52.1 cm³/mol. The first-order valence-corrected chi connectivity index (χ1v) is 4.96. The van der Waals surface area contributed by atoms with E-state index in [0.29, 0.717) is 5.91 Å². The van der Waals surface area contributed by atoms with Gasteiger partial charge in [0.1, 0.15) is 0 Å². The van der Waals surface area contributed by atoms with E-state index < -0.39 is 0 Å². The predicted octanol–water partition coefficient (Wildman–Crippen LogP) is 2.44. The maximum atomic E-state index is 10.9. The number of rotatable bonds is 0. The van der Waals surface area contributed by atoms with Gasteiger partial charge >= 0.3 is 0 Å². The van der Waals surface area contributed by atoms with Crippen LogP contribution in [0.25, 0.3) is 0 Å². The van der Waals surface area contributed by atoms with E-state index in [1.54, 1.807) is 0 Å². The zero-order valence-corrected chi connectivity index (χ0v) is 8.60. The molecule has 1 fully saturated rings. The Kier molecular flexibility index (Phi) is 6.82. The first kappa shape index (κ1) is 11.5. The number of carbonyl (C=O) groups excluding carboxylic acids is 1. The third-order valence-corrected chi connectivity index (χ3v) is 1.81. The topological polar surface area (TPSA) is 20.3 Å². The number of nitrogens with zero attached hydrogens (tertiary/aromatic N) is 1. The highest BCUT2D eigenvalue weighted by Gasteiger charge is 2.10. The van der Waals surface area contributed by atoms with Crippen molar-refractivity contribution >= 4 is 5.91 Å². The molecule has 1 saturated heterocycles. The van der Waals surface area contributed by atoms with Crippen molar-refractivity contribution in [1.82, 2.24) is 4.90 Å². The van der Waals surface area contributed by atoms with E-state index in [2.05, 4.69) is 13.8 Å². The quantitative estimate of drug-likeness (QED) is 0.548. The second-order valence-corrected chi connectivity index (χ2v) is 3.33. The Balaban J connectivity index is 0.000000354. The molecular formula is C10H21NO. The fraction of sp³-hybridized carbons (Fsp3) is 0.900. The minimum atomic E-state index is 0.313. The maximum absolute atomic E-state index is 10.9. The van der Waals surface area contributed by atoms with E-state index in [0.717, 1.165) is 19.4 Å². The van der Waals surface area contributed by atoms with Gasteiger partial charge in [-0.2, -0.15) is 0 Å². The van der Waals surface area contributed by atoms with Gasteiger partial charge in [-0.25, -0.2) is 0 Å². The molecule has 1 heterocycles. The Labute approximate surface area is 75.9 Å². The average Bonchev–Trinajstić information content (AvgIpc) is 2.19. The summed E-state index contributed by atoms with van der Waals surface area (Å²) in [5.41, 5.74) is 0. The molecule has 2 heteroatoms. The zero-order chi connectivity index (χ0) is 9.40. The van der Waals surface area contributed by atoms with Crippen LogP contribution in [-0.2, 0) is 4.79 Å². The van der Waals surface area contributed by atoms with Crippen molar-refractivity contribution in [3.63, 3.8) is 0 Å². The van der Waals surface area contributed by atoms with Crippen LogP contribution >= 0.6 is 0 Å². The molecule has 1 amide bonds. The van der Waals surface area contributed by atoms with Gasteiger partial charge in [0.2, 0.25) is 5.91 Å². The highest BCUT2D eigenvalue weighted by Crippen LogP contribution is 2.08. The molecule has 0 aromatic heterocycles. The number of amides is 1. The molecule has 0 bridgehead atoms. The van der Waals surface area contributed by atoms with Crippen LogP contribution in [-0.4, -0.2) is 24.4 Å². The molecule has 1 aliphatic heterocycles. The smallest absolute Gasteiger partial charge is 0.222 e. The van der Waals surface area contributed by atoms with Crippen LogP contribution in [0.1, 0.15) is 46.0 Å². The second-order valence-electron chi connectivity index (χ2n) is 3.33. The van der Waals surface area contributed by atoms with Crippen molar-refractivity contribution in [2.24, 2.45) is 0 Å². The number of hydrogen-bond acceptors (Lipinski definition) is 1. The number of likely N-dealkylation sites (tertiary alicyclic amines) is 1. The Morgan fingerprint density at radius 1 is 1.25 bits per heavy atom. The van der Waals surface area contributed by atoms with Gasteiger partial charge in [0.15, 0.2) is 0 Å². The first-order chi connectivity index (χ1) is 5.72. The molecule has 0 aromatic rings. The van der Waals surface area contributed by atoms with Gasteiger partial charge in [-0.15, -0.1) is 0 Å². The van der Waals surface area contributed by atoms with Crippen molar-refractivity contribution in [1.29, 1.82) is 0 Å². The Morgan fingerprint density at radius 3 is 2.42 bits per heavy atom. The summed E-state index contributed by atoms with van der Waals surface area (Å²) in [5, 5.41) is 0. The summed E-state index contributed by atoms with van der Waals surface area (Å²) in [6, 6.07) is 0. The van der Waals surface area contributed by atoms with Crippen molar-refractivity contribution in [2.45, 2.75) is 46.0 Å². The SMILES string of the molecule is CCC.CN1CCCCCC1=O. The largest absolute Gasteiger partial charge is 0.346 e. The molecule has 2 nitrogen and oxygen atoms in total. The van der Waals surface area contributed by atoms with Crippen LogP contribution in [0.2, 0.25) is 0 Å². The molecule has 0 aromatic carbocycles. The molecule has 0 spiro atoms. The highest BCUT2D eigenvalue weighted by atomic mass is 16.2. The molecule has 72 valence electrons. The van der Waals surface area contributed by atoms with Crippen LogP contribution in [0.4, 0.5) is 0 Å². The Bertz CT molecular complexity index is 123. The summed E-state index contributed by atoms with van der Waals surface area (Å²) in [4.78, 5) is 12.8. The molecule has 0 saturated carbocycles. The lowest BCUT2D eigenvalue weighted by molar-refractivity contribution is -0.129. The van der Waals surface area contributed by atoms with Crippen molar-refractivity contribution < 1.29 is 4.79 Å². The second kappa shape index (κ2) is 7.14. The van der Waals surface area contributed by atoms with Gasteiger partial charge in [0.25, 0.3) is 0 Å². The molecule has 0 aliphatic carbocycles. The van der Waals surface area contributed by atoms with Crippen LogP contribution in [0.5, 0.6) is 0 Å². The third-order valence-electron chi connectivity index (χ3n) is 1.81. The van der Waals surface area contributed by atoms with Crippen molar-refractivity contribution in [3.8, 4) is 0 Å². The van der Waals surface area contributed by atoms with Gasteiger partial charge < -0.3 is 4.90 Å². The van der Waals surface area contributed by atoms with E-state index >= 15 is 0 Å². The van der Waals surface area contributed by atoms with Crippen LogP contribution in [0, 0.1) is 0 Å². The normalized spacial score (nSPS) is 17.9. The maximum Gasteiger partial charge on any atom is 0.222 e. The molecule has 1 aliphatic rings. The van der Waals surface area contributed by atoms with E-state index in [1.165, 1.54) is 19.3 Å². The zero-order valence-electron chi connectivity index (χ0n) is 8.60. The highest BCUT2D eigenvalue weighted by molar-refractivity contribution is 5.75. The minimum absolute atomic E-state index is 0.313. The lowest BCUT2D eigenvalue weighted by atomic mass is 10.2. The lowest BCUT2D eigenvalue weighted by Crippen LogP contribution is -2.25. The summed E-state index contributed by atoms with van der Waals surface area (Å²) >= 11 is 0. The molecular weight excluding hydrogens is 150 g/mol. The summed E-state index contributed by atoms with van der Waals surface area (Å²) < 4.78 is 0. The van der Waals surface area contributed by atoms with Gasteiger partial charge in [0.05, 0.1) is 0 Å². The van der Waals surface area contributed by atoms with E-state index in [-0.39, 0.29) is 0 Å². The first-order valence-electron chi connectivity index (χ1n) is 4.96. The van der Waals surface area contributed by atoms with E-state index in [9.17, 15) is 4.79 Å². The monoisotopic (exact) mass is 171 g/mol. The van der Waals surface area contributed by atoms with Gasteiger partial charge in [-0.3, -0.25) is 4.79 Å². The van der Waals surface area contributed by atoms with E-state index in [4.69, 9.17) is 0 Å². The number of hydrogen-bond donors (Lipinski definition) is 0. The summed E-state index contributed by atoms with van der Waals surface area (Å²) in [5.74, 6) is 0.313. The van der Waals surface area contributed by atoms with Crippen LogP contribution < -0.4 is 0 Å². The van der Waals surface area contributed by atoms with Gasteiger partial charge in [-0.05, 0) is 12.8 Å². The molecule has 1 rings (SSSR count). The Morgan fingerprint density at radius 2 is 1.83 bits per heavy atom. The fourth-order valence-corrected chi connectivity index (χ4v) is 1.12. The van der Waals surface area contributed by atoms with Crippen LogP contribution in [0.3, 0.4) is 0 Å². The Hall–Kier alpha value is -0.530. The van der Waals surface area contributed by atoms with Crippen molar-refractivity contribution in [3.05, 3.63) is 0 Å². The number of carbonyl (C=O) groups is 1. The molecule has 0 unspecified atom stereocenters. The average molecular weight is 171 g/mol. The fourth-order valence-electron chi connectivity index (χ4n) is 1.12. The molecule has 12 heavy (non-hydrogen) atoms.